The summed E-state index contributed by atoms with van der Waals surface area (Å²) < 4.78 is 0. The van der Waals surface area contributed by atoms with Crippen LogP contribution in [0, 0.1) is 0 Å². The van der Waals surface area contributed by atoms with Crippen molar-refractivity contribution < 1.29 is 14.7 Å². The Kier molecular flexibility index (Phi) is 3.24. The van der Waals surface area contributed by atoms with Crippen molar-refractivity contribution in [1.82, 2.24) is 4.90 Å². The smallest absolute Gasteiger partial charge is 0.339 e. The van der Waals surface area contributed by atoms with E-state index in [-0.39, 0.29) is 6.04 Å². The third-order valence-electron chi connectivity index (χ3n) is 4.58. The van der Waals surface area contributed by atoms with Crippen LogP contribution in [0.2, 0.25) is 0 Å². The second kappa shape index (κ2) is 4.98. The highest BCUT2D eigenvalue weighted by Crippen LogP contribution is 2.52. The van der Waals surface area contributed by atoms with Gasteiger partial charge in [0.25, 0.3) is 0 Å². The first kappa shape index (κ1) is 14.3. The molecule has 1 aromatic rings. The second-order valence-electron chi connectivity index (χ2n) is 5.48. The zero-order valence-electron chi connectivity index (χ0n) is 12.3. The summed E-state index contributed by atoms with van der Waals surface area (Å²) >= 11 is 0. The Morgan fingerprint density at radius 1 is 1.45 bits per heavy atom. The molecule has 1 amide bonds. The molecule has 0 spiro atoms. The number of carboxylic acid groups (broad SMARTS) is 1. The van der Waals surface area contributed by atoms with Gasteiger partial charge in [-0.25, -0.2) is 4.79 Å². The van der Waals surface area contributed by atoms with Gasteiger partial charge in [-0.1, -0.05) is 49.1 Å². The number of nitrogens with zero attached hydrogens (tertiary/aromatic N) is 1. The maximum absolute atomic E-state index is 12.3. The molecule has 2 atom stereocenters. The fraction of sp³-hybridized carbons (Fsp3) is 0.222. The van der Waals surface area contributed by atoms with Crippen LogP contribution in [0.15, 0.2) is 60.2 Å². The van der Waals surface area contributed by atoms with E-state index in [1.165, 1.54) is 4.90 Å². The molecular formula is C18H17NO3. The molecule has 0 saturated heterocycles. The molecule has 0 aromatic heterocycles. The van der Waals surface area contributed by atoms with E-state index in [0.29, 0.717) is 24.0 Å². The van der Waals surface area contributed by atoms with Crippen molar-refractivity contribution in [2.45, 2.75) is 24.9 Å². The van der Waals surface area contributed by atoms with E-state index < -0.39 is 11.5 Å². The van der Waals surface area contributed by atoms with Crippen LogP contribution in [0.4, 0.5) is 0 Å². The van der Waals surface area contributed by atoms with Crippen molar-refractivity contribution in [3.63, 3.8) is 0 Å². The number of carbonyl (C=O) groups is 2. The van der Waals surface area contributed by atoms with Gasteiger partial charge in [0.15, 0.2) is 5.54 Å². The number of benzene rings is 1. The zero-order valence-corrected chi connectivity index (χ0v) is 12.3. The molecule has 0 aliphatic carbocycles. The molecule has 112 valence electrons. The lowest BCUT2D eigenvalue weighted by Gasteiger charge is -2.42. The summed E-state index contributed by atoms with van der Waals surface area (Å²) in [6, 6.07) is 7.15. The van der Waals surface area contributed by atoms with Crippen LogP contribution in [-0.4, -0.2) is 28.4 Å². The van der Waals surface area contributed by atoms with E-state index >= 15 is 0 Å². The van der Waals surface area contributed by atoms with Crippen molar-refractivity contribution in [1.29, 1.82) is 0 Å². The molecule has 4 heteroatoms. The lowest BCUT2D eigenvalue weighted by Crippen LogP contribution is -2.55. The lowest BCUT2D eigenvalue weighted by atomic mass is 9.78. The van der Waals surface area contributed by atoms with Crippen LogP contribution in [0.3, 0.4) is 0 Å². The molecule has 2 aliphatic heterocycles. The second-order valence-corrected chi connectivity index (χ2v) is 5.48. The highest BCUT2D eigenvalue weighted by atomic mass is 16.4. The summed E-state index contributed by atoms with van der Waals surface area (Å²) in [5, 5.41) is 10.0. The van der Waals surface area contributed by atoms with Crippen LogP contribution < -0.4 is 0 Å². The summed E-state index contributed by atoms with van der Waals surface area (Å²) in [6.45, 7) is 5.68. The first-order chi connectivity index (χ1) is 10.6. The van der Waals surface area contributed by atoms with Crippen molar-refractivity contribution in [2.75, 3.05) is 0 Å². The highest BCUT2D eigenvalue weighted by molar-refractivity contribution is 5.92. The third-order valence-corrected chi connectivity index (χ3v) is 4.58. The van der Waals surface area contributed by atoms with Crippen LogP contribution in [-0.2, 0) is 21.5 Å². The zero-order chi connectivity index (χ0) is 15.9. The van der Waals surface area contributed by atoms with Gasteiger partial charge in [0.05, 0.1) is 6.04 Å². The van der Waals surface area contributed by atoms with Gasteiger partial charge in [-0.05, 0) is 35.6 Å². The molecule has 2 aliphatic rings. The van der Waals surface area contributed by atoms with Crippen LogP contribution in [0.1, 0.15) is 18.1 Å². The number of hydrogen-bond acceptors (Lipinski definition) is 2. The average molecular weight is 295 g/mol. The predicted molar refractivity (Wildman–Crippen MR) is 83.2 cm³/mol. The lowest BCUT2D eigenvalue weighted by molar-refractivity contribution is -0.153. The molecule has 1 N–H and O–H groups in total. The number of aliphatic carboxylic acids is 1. The Hall–Kier alpha value is -2.62. The quantitative estimate of drug-likeness (QED) is 0.868. The molecule has 22 heavy (non-hydrogen) atoms. The predicted octanol–water partition coefficient (Wildman–Crippen LogP) is 2.42. The molecule has 2 bridgehead atoms. The van der Waals surface area contributed by atoms with Crippen molar-refractivity contribution in [3.8, 4) is 0 Å². The molecule has 2 heterocycles. The van der Waals surface area contributed by atoms with Gasteiger partial charge in [0.1, 0.15) is 0 Å². The molecule has 0 saturated carbocycles. The number of amides is 1. The normalized spacial score (nSPS) is 26.2. The number of carbonyl (C=O) groups excluding carboxylic acids is 1. The minimum Gasteiger partial charge on any atom is -0.479 e. The summed E-state index contributed by atoms with van der Waals surface area (Å²) in [5.41, 5.74) is 1.58. The molecule has 0 radical (unpaired) electrons. The monoisotopic (exact) mass is 295 g/mol. The largest absolute Gasteiger partial charge is 0.479 e. The van der Waals surface area contributed by atoms with Crippen LogP contribution >= 0.6 is 0 Å². The van der Waals surface area contributed by atoms with Gasteiger partial charge in [0.2, 0.25) is 6.41 Å². The van der Waals surface area contributed by atoms with Crippen molar-refractivity contribution in [3.05, 3.63) is 71.3 Å². The number of allylic oxidation sites excluding steroid dienone is 1. The Morgan fingerprint density at radius 2 is 2.18 bits per heavy atom. The van der Waals surface area contributed by atoms with Gasteiger partial charge in [-0.2, -0.15) is 0 Å². The fourth-order valence-electron chi connectivity index (χ4n) is 3.80. The van der Waals surface area contributed by atoms with E-state index in [1.807, 2.05) is 31.2 Å². The first-order valence-electron chi connectivity index (χ1n) is 7.18. The summed E-state index contributed by atoms with van der Waals surface area (Å²) in [6.07, 6.45) is 6.58. The first-order valence-corrected chi connectivity index (χ1v) is 7.18. The third kappa shape index (κ3) is 1.52. The summed E-state index contributed by atoms with van der Waals surface area (Å²) in [5.74, 6) is -1.05. The van der Waals surface area contributed by atoms with E-state index in [4.69, 9.17) is 0 Å². The maximum atomic E-state index is 12.3. The van der Waals surface area contributed by atoms with E-state index in [0.717, 1.165) is 11.1 Å². The Bertz CT molecular complexity index is 732. The topological polar surface area (TPSA) is 57.6 Å². The Morgan fingerprint density at radius 3 is 2.77 bits per heavy atom. The molecule has 1 aromatic carbocycles. The maximum Gasteiger partial charge on any atom is 0.339 e. The molecule has 2 unspecified atom stereocenters. The van der Waals surface area contributed by atoms with E-state index in [2.05, 4.69) is 6.58 Å². The summed E-state index contributed by atoms with van der Waals surface area (Å²) in [7, 11) is 0. The molecule has 0 fully saturated rings. The number of hydrogen-bond donors (Lipinski definition) is 1. The average Bonchev–Trinajstić information content (AvgIpc) is 2.71. The minimum absolute atomic E-state index is 0.271. The molecule has 3 rings (SSSR count). The SMILES string of the molecule is C=CC1=C(/C=C\C)C2Cc3ccccc3C1(C(=O)O)N2C=O. The molecular weight excluding hydrogens is 278 g/mol. The van der Waals surface area contributed by atoms with Crippen LogP contribution in [0.5, 0.6) is 0 Å². The number of fused-ring (bicyclic) bond motifs is 4. The molecule has 4 nitrogen and oxygen atoms in total. The van der Waals surface area contributed by atoms with Crippen LogP contribution in [0.25, 0.3) is 0 Å². The minimum atomic E-state index is -1.47. The highest BCUT2D eigenvalue weighted by Gasteiger charge is 2.59. The Balaban J connectivity index is 2.42. The fourth-order valence-corrected chi connectivity index (χ4v) is 3.80. The van der Waals surface area contributed by atoms with E-state index in [1.54, 1.807) is 18.2 Å². The van der Waals surface area contributed by atoms with Gasteiger partial charge >= 0.3 is 5.97 Å². The Labute approximate surface area is 129 Å². The van der Waals surface area contributed by atoms with E-state index in [9.17, 15) is 14.7 Å². The summed E-state index contributed by atoms with van der Waals surface area (Å²) in [4.78, 5) is 25.4. The number of carboxylic acids is 1. The van der Waals surface area contributed by atoms with Gasteiger partial charge in [0, 0.05) is 0 Å². The van der Waals surface area contributed by atoms with Gasteiger partial charge < -0.3 is 10.0 Å². The van der Waals surface area contributed by atoms with Crippen molar-refractivity contribution in [2.24, 2.45) is 0 Å². The number of rotatable bonds is 4. The standard InChI is InChI=1S/C18H17NO3/c1-3-7-13-14(4-2)18(17(21)22)15-9-6-5-8-12(15)10-16(13)19(18)11-20/h3-9,11,16H,2,10H2,1H3,(H,21,22)/b7-3-. The van der Waals surface area contributed by atoms with Crippen molar-refractivity contribution >= 4 is 12.4 Å². The van der Waals surface area contributed by atoms with Gasteiger partial charge in [-0.15, -0.1) is 0 Å². The van der Waals surface area contributed by atoms with Gasteiger partial charge in [-0.3, -0.25) is 4.79 Å².